The summed E-state index contributed by atoms with van der Waals surface area (Å²) in [6.07, 6.45) is 5.92. The highest BCUT2D eigenvalue weighted by atomic mass is 16.4. The van der Waals surface area contributed by atoms with Crippen LogP contribution in [0.1, 0.15) is 36.0 Å². The summed E-state index contributed by atoms with van der Waals surface area (Å²) in [4.78, 5) is 25.2. The number of aliphatic carboxylic acids is 1. The van der Waals surface area contributed by atoms with Crippen molar-refractivity contribution in [2.45, 2.75) is 25.7 Å². The van der Waals surface area contributed by atoms with E-state index in [9.17, 15) is 9.59 Å². The molecule has 1 unspecified atom stereocenters. The van der Waals surface area contributed by atoms with E-state index >= 15 is 0 Å². The standard InChI is InChI=1S/C17H20N4O3/c22-16(23)8-3-13-2-1-9-20(10-13)17(24)14-4-6-15(7-5-14)21-11-18-19-12-21/h4-7,11-13H,1-3,8-10H2,(H,22,23). The van der Waals surface area contributed by atoms with Gasteiger partial charge in [-0.3, -0.25) is 14.2 Å². The van der Waals surface area contributed by atoms with Gasteiger partial charge in [0.2, 0.25) is 0 Å². The molecule has 0 bridgehead atoms. The van der Waals surface area contributed by atoms with Crippen molar-refractivity contribution in [3.05, 3.63) is 42.5 Å². The number of benzene rings is 1. The van der Waals surface area contributed by atoms with Crippen LogP contribution in [-0.2, 0) is 4.79 Å². The third-order valence-electron chi connectivity index (χ3n) is 4.40. The van der Waals surface area contributed by atoms with Crippen LogP contribution in [0.25, 0.3) is 5.69 Å². The topological polar surface area (TPSA) is 88.3 Å². The van der Waals surface area contributed by atoms with Gasteiger partial charge in [0.25, 0.3) is 5.91 Å². The maximum Gasteiger partial charge on any atom is 0.303 e. The van der Waals surface area contributed by atoms with Crippen molar-refractivity contribution in [3.8, 4) is 5.69 Å². The van der Waals surface area contributed by atoms with Crippen molar-refractivity contribution < 1.29 is 14.7 Å². The van der Waals surface area contributed by atoms with Gasteiger partial charge in [-0.2, -0.15) is 0 Å². The Morgan fingerprint density at radius 1 is 1.17 bits per heavy atom. The van der Waals surface area contributed by atoms with Crippen LogP contribution in [0, 0.1) is 5.92 Å². The van der Waals surface area contributed by atoms with Crippen molar-refractivity contribution in [1.29, 1.82) is 0 Å². The number of likely N-dealkylation sites (tertiary alicyclic amines) is 1. The molecule has 1 fully saturated rings. The molecule has 126 valence electrons. The van der Waals surface area contributed by atoms with Crippen LogP contribution in [0.15, 0.2) is 36.9 Å². The third-order valence-corrected chi connectivity index (χ3v) is 4.40. The summed E-state index contributed by atoms with van der Waals surface area (Å²) in [6, 6.07) is 7.34. The molecule has 1 amide bonds. The van der Waals surface area contributed by atoms with Crippen LogP contribution >= 0.6 is 0 Å². The number of aromatic nitrogens is 3. The Kier molecular flexibility index (Phi) is 4.88. The molecular formula is C17H20N4O3. The molecule has 1 saturated heterocycles. The molecule has 0 spiro atoms. The highest BCUT2D eigenvalue weighted by Crippen LogP contribution is 2.22. The first kappa shape index (κ1) is 16.2. The lowest BCUT2D eigenvalue weighted by atomic mass is 9.93. The third kappa shape index (κ3) is 3.79. The molecule has 2 heterocycles. The average Bonchev–Trinajstić information content (AvgIpc) is 3.14. The minimum absolute atomic E-state index is 0.00494. The molecule has 0 aliphatic carbocycles. The number of rotatable bonds is 5. The molecule has 1 aliphatic rings. The number of nitrogens with zero attached hydrogens (tertiary/aromatic N) is 4. The second-order valence-electron chi connectivity index (χ2n) is 6.11. The zero-order chi connectivity index (χ0) is 16.9. The van der Waals surface area contributed by atoms with Crippen molar-refractivity contribution in [2.24, 2.45) is 5.92 Å². The molecule has 24 heavy (non-hydrogen) atoms. The van der Waals surface area contributed by atoms with Gasteiger partial charge in [-0.05, 0) is 49.4 Å². The monoisotopic (exact) mass is 328 g/mol. The molecule has 2 aromatic rings. The van der Waals surface area contributed by atoms with Gasteiger partial charge in [-0.1, -0.05) is 0 Å². The number of hydrogen-bond acceptors (Lipinski definition) is 4. The Hall–Kier alpha value is -2.70. The van der Waals surface area contributed by atoms with Gasteiger partial charge < -0.3 is 10.0 Å². The highest BCUT2D eigenvalue weighted by Gasteiger charge is 2.24. The molecule has 1 aromatic carbocycles. The van der Waals surface area contributed by atoms with Crippen LogP contribution < -0.4 is 0 Å². The van der Waals surface area contributed by atoms with Crippen LogP contribution in [-0.4, -0.2) is 49.7 Å². The minimum Gasteiger partial charge on any atom is -0.481 e. The second kappa shape index (κ2) is 7.25. The summed E-state index contributed by atoms with van der Waals surface area (Å²) >= 11 is 0. The molecule has 1 N–H and O–H groups in total. The van der Waals surface area contributed by atoms with Gasteiger partial charge in [0.15, 0.2) is 0 Å². The molecule has 7 nitrogen and oxygen atoms in total. The first-order valence-corrected chi connectivity index (χ1v) is 8.09. The van der Waals surface area contributed by atoms with Gasteiger partial charge in [0.05, 0.1) is 0 Å². The predicted octanol–water partition coefficient (Wildman–Crippen LogP) is 1.98. The first-order valence-electron chi connectivity index (χ1n) is 8.09. The Morgan fingerprint density at radius 2 is 1.88 bits per heavy atom. The molecule has 7 heteroatoms. The average molecular weight is 328 g/mol. The summed E-state index contributed by atoms with van der Waals surface area (Å²) in [5.74, 6) is -0.497. The van der Waals surface area contributed by atoms with Crippen LogP contribution in [0.3, 0.4) is 0 Å². The predicted molar refractivity (Wildman–Crippen MR) is 86.9 cm³/mol. The molecule has 0 saturated carbocycles. The minimum atomic E-state index is -0.775. The van der Waals surface area contributed by atoms with E-state index in [-0.39, 0.29) is 18.2 Å². The van der Waals surface area contributed by atoms with Crippen LogP contribution in [0.4, 0.5) is 0 Å². The van der Waals surface area contributed by atoms with Crippen molar-refractivity contribution in [2.75, 3.05) is 13.1 Å². The van der Waals surface area contributed by atoms with Crippen LogP contribution in [0.5, 0.6) is 0 Å². The van der Waals surface area contributed by atoms with Gasteiger partial charge in [0, 0.05) is 30.8 Å². The first-order chi connectivity index (χ1) is 11.6. The lowest BCUT2D eigenvalue weighted by Crippen LogP contribution is -2.40. The molecule has 0 radical (unpaired) electrons. The van der Waals surface area contributed by atoms with Gasteiger partial charge in [0.1, 0.15) is 12.7 Å². The van der Waals surface area contributed by atoms with Gasteiger partial charge in [-0.15, -0.1) is 10.2 Å². The van der Waals surface area contributed by atoms with E-state index in [4.69, 9.17) is 5.11 Å². The van der Waals surface area contributed by atoms with Crippen LogP contribution in [0.2, 0.25) is 0 Å². The number of carboxylic acids is 1. The zero-order valence-electron chi connectivity index (χ0n) is 13.3. The fourth-order valence-electron chi connectivity index (χ4n) is 3.11. The fraction of sp³-hybridized carbons (Fsp3) is 0.412. The summed E-state index contributed by atoms with van der Waals surface area (Å²) < 4.78 is 1.77. The van der Waals surface area contributed by atoms with Crippen molar-refractivity contribution in [1.82, 2.24) is 19.7 Å². The fourth-order valence-corrected chi connectivity index (χ4v) is 3.11. The molecule has 1 atom stereocenters. The number of hydrogen-bond donors (Lipinski definition) is 1. The maximum absolute atomic E-state index is 12.7. The maximum atomic E-state index is 12.7. The van der Waals surface area contributed by atoms with Gasteiger partial charge in [-0.25, -0.2) is 0 Å². The zero-order valence-corrected chi connectivity index (χ0v) is 13.3. The number of carboxylic acid groups (broad SMARTS) is 1. The quantitative estimate of drug-likeness (QED) is 0.906. The Morgan fingerprint density at radius 3 is 2.54 bits per heavy atom. The Bertz CT molecular complexity index is 697. The molecule has 1 aromatic heterocycles. The smallest absolute Gasteiger partial charge is 0.303 e. The number of carbonyl (C=O) groups excluding carboxylic acids is 1. The highest BCUT2D eigenvalue weighted by molar-refractivity contribution is 5.94. The Labute approximate surface area is 139 Å². The molecular weight excluding hydrogens is 308 g/mol. The SMILES string of the molecule is O=C(O)CCC1CCCN(C(=O)c2ccc(-n3cnnc3)cc2)C1. The normalized spacial score (nSPS) is 17.7. The van der Waals surface area contributed by atoms with Gasteiger partial charge >= 0.3 is 5.97 Å². The lowest BCUT2D eigenvalue weighted by Gasteiger charge is -2.32. The summed E-state index contributed by atoms with van der Waals surface area (Å²) in [6.45, 7) is 1.37. The molecule has 3 rings (SSSR count). The summed E-state index contributed by atoms with van der Waals surface area (Å²) in [7, 11) is 0. The second-order valence-corrected chi connectivity index (χ2v) is 6.11. The van der Waals surface area contributed by atoms with E-state index < -0.39 is 5.97 Å². The Balaban J connectivity index is 1.64. The number of amides is 1. The van der Waals surface area contributed by atoms with Crippen molar-refractivity contribution in [3.63, 3.8) is 0 Å². The van der Waals surface area contributed by atoms with E-state index in [0.717, 1.165) is 25.1 Å². The number of piperidine rings is 1. The van der Waals surface area contributed by atoms with E-state index in [1.165, 1.54) is 0 Å². The van der Waals surface area contributed by atoms with E-state index in [0.29, 0.717) is 18.5 Å². The van der Waals surface area contributed by atoms with E-state index in [1.807, 2.05) is 17.0 Å². The largest absolute Gasteiger partial charge is 0.481 e. The summed E-state index contributed by atoms with van der Waals surface area (Å²) in [5.41, 5.74) is 1.54. The van der Waals surface area contributed by atoms with E-state index in [1.54, 1.807) is 29.4 Å². The van der Waals surface area contributed by atoms with Crippen molar-refractivity contribution >= 4 is 11.9 Å². The summed E-state index contributed by atoms with van der Waals surface area (Å²) in [5, 5.41) is 16.3. The van der Waals surface area contributed by atoms with E-state index in [2.05, 4.69) is 10.2 Å². The number of carbonyl (C=O) groups is 2. The molecule has 1 aliphatic heterocycles. The lowest BCUT2D eigenvalue weighted by molar-refractivity contribution is -0.137.